The van der Waals surface area contributed by atoms with Crippen LogP contribution in [0.1, 0.15) is 21.7 Å². The first-order chi connectivity index (χ1) is 11.9. The van der Waals surface area contributed by atoms with Crippen molar-refractivity contribution in [2.24, 2.45) is 0 Å². The lowest BCUT2D eigenvalue weighted by molar-refractivity contribution is -0.137. The van der Waals surface area contributed by atoms with Gasteiger partial charge in [-0.25, -0.2) is 9.67 Å². The van der Waals surface area contributed by atoms with E-state index in [1.807, 2.05) is 0 Å². The molecule has 1 aromatic carbocycles. The van der Waals surface area contributed by atoms with E-state index in [1.165, 1.54) is 42.9 Å². The van der Waals surface area contributed by atoms with E-state index in [9.17, 15) is 18.0 Å². The predicted octanol–water partition coefficient (Wildman–Crippen LogP) is 3.24. The molecule has 9 heteroatoms. The molecule has 1 amide bonds. The highest BCUT2D eigenvalue weighted by Gasteiger charge is 2.34. The maximum absolute atomic E-state index is 13.3. The molecule has 0 atom stereocenters. The molecule has 0 radical (unpaired) electrons. The summed E-state index contributed by atoms with van der Waals surface area (Å²) >= 11 is 0. The van der Waals surface area contributed by atoms with E-state index in [1.54, 1.807) is 6.92 Å². The van der Waals surface area contributed by atoms with Gasteiger partial charge in [-0.3, -0.25) is 9.78 Å². The second-order valence-electron chi connectivity index (χ2n) is 5.14. The smallest absolute Gasteiger partial charge is 0.305 e. The highest BCUT2D eigenvalue weighted by molar-refractivity contribution is 6.02. The van der Waals surface area contributed by atoms with Crippen LogP contribution in [0.25, 0.3) is 5.69 Å². The number of nitrogens with one attached hydrogen (secondary N) is 1. The van der Waals surface area contributed by atoms with Crippen LogP contribution in [-0.4, -0.2) is 25.7 Å². The molecule has 2 aromatic heterocycles. The Morgan fingerprint density at radius 3 is 2.64 bits per heavy atom. The minimum Gasteiger partial charge on any atom is -0.305 e. The maximum Gasteiger partial charge on any atom is 0.418 e. The van der Waals surface area contributed by atoms with Gasteiger partial charge in [-0.05, 0) is 19.1 Å². The van der Waals surface area contributed by atoms with E-state index in [-0.39, 0.29) is 17.2 Å². The SMILES string of the molecule is Cc1cc(NC(=O)c2cnccn2)n(-c2ccccc2C(F)(F)F)n1. The molecule has 0 saturated carbocycles. The molecular weight excluding hydrogens is 335 g/mol. The lowest BCUT2D eigenvalue weighted by atomic mass is 10.1. The summed E-state index contributed by atoms with van der Waals surface area (Å²) in [6.45, 7) is 1.62. The van der Waals surface area contributed by atoms with Crippen LogP contribution in [0.4, 0.5) is 19.0 Å². The van der Waals surface area contributed by atoms with Crippen molar-refractivity contribution < 1.29 is 18.0 Å². The summed E-state index contributed by atoms with van der Waals surface area (Å²) in [5.41, 5.74) is -0.547. The molecule has 0 unspecified atom stereocenters. The largest absolute Gasteiger partial charge is 0.418 e. The molecule has 0 aliphatic heterocycles. The summed E-state index contributed by atoms with van der Waals surface area (Å²) in [7, 11) is 0. The monoisotopic (exact) mass is 347 g/mol. The second kappa shape index (κ2) is 6.34. The topological polar surface area (TPSA) is 72.7 Å². The van der Waals surface area contributed by atoms with Crippen LogP contribution >= 0.6 is 0 Å². The number of aromatic nitrogens is 4. The zero-order valence-corrected chi connectivity index (χ0v) is 12.9. The van der Waals surface area contributed by atoms with Crippen LogP contribution in [-0.2, 0) is 6.18 Å². The zero-order valence-electron chi connectivity index (χ0n) is 12.9. The molecule has 25 heavy (non-hydrogen) atoms. The minimum absolute atomic E-state index is 0.0389. The summed E-state index contributed by atoms with van der Waals surface area (Å²) < 4.78 is 40.8. The number of carbonyl (C=O) groups excluding carboxylic acids is 1. The summed E-state index contributed by atoms with van der Waals surface area (Å²) in [5.74, 6) is -0.497. The first-order valence-corrected chi connectivity index (χ1v) is 7.17. The molecular formula is C16H12F3N5O. The molecule has 0 spiro atoms. The number of anilines is 1. The number of halogens is 3. The Labute approximate surface area is 140 Å². The van der Waals surface area contributed by atoms with E-state index in [0.29, 0.717) is 5.69 Å². The van der Waals surface area contributed by atoms with E-state index < -0.39 is 17.6 Å². The average Bonchev–Trinajstić information content (AvgIpc) is 2.95. The van der Waals surface area contributed by atoms with Crippen molar-refractivity contribution in [1.82, 2.24) is 19.7 Å². The van der Waals surface area contributed by atoms with Crippen molar-refractivity contribution in [3.63, 3.8) is 0 Å². The summed E-state index contributed by atoms with van der Waals surface area (Å²) in [6.07, 6.45) is -0.545. The second-order valence-corrected chi connectivity index (χ2v) is 5.14. The molecule has 0 saturated heterocycles. The molecule has 0 aliphatic carbocycles. The normalized spacial score (nSPS) is 11.4. The van der Waals surface area contributed by atoms with Crippen molar-refractivity contribution in [3.8, 4) is 5.69 Å². The number of rotatable bonds is 3. The number of hydrogen-bond acceptors (Lipinski definition) is 4. The summed E-state index contributed by atoms with van der Waals surface area (Å²) in [6, 6.07) is 6.48. The van der Waals surface area contributed by atoms with Gasteiger partial charge in [0.15, 0.2) is 0 Å². The molecule has 3 rings (SSSR count). The molecule has 0 bridgehead atoms. The molecule has 0 fully saturated rings. The highest BCUT2D eigenvalue weighted by atomic mass is 19.4. The van der Waals surface area contributed by atoms with E-state index in [2.05, 4.69) is 20.4 Å². The number of benzene rings is 1. The number of aryl methyl sites for hydroxylation is 1. The third kappa shape index (κ3) is 3.49. The molecule has 3 aromatic rings. The van der Waals surface area contributed by atoms with Gasteiger partial charge in [0.25, 0.3) is 5.91 Å². The van der Waals surface area contributed by atoms with Crippen LogP contribution in [0.2, 0.25) is 0 Å². The van der Waals surface area contributed by atoms with Crippen LogP contribution in [0.5, 0.6) is 0 Å². The quantitative estimate of drug-likeness (QED) is 0.789. The van der Waals surface area contributed by atoms with E-state index in [4.69, 9.17) is 0 Å². The third-order valence-electron chi connectivity index (χ3n) is 3.31. The average molecular weight is 347 g/mol. The van der Waals surface area contributed by atoms with Crippen LogP contribution in [0.15, 0.2) is 48.9 Å². The number of para-hydroxylation sites is 1. The zero-order chi connectivity index (χ0) is 18.0. The van der Waals surface area contributed by atoms with Crippen molar-refractivity contribution in [3.05, 3.63) is 65.9 Å². The van der Waals surface area contributed by atoms with Gasteiger partial charge < -0.3 is 5.32 Å². The Hall–Kier alpha value is -3.23. The number of amides is 1. The number of nitrogens with zero attached hydrogens (tertiary/aromatic N) is 4. The van der Waals surface area contributed by atoms with Gasteiger partial charge in [0.05, 0.1) is 23.1 Å². The molecule has 6 nitrogen and oxygen atoms in total. The fraction of sp³-hybridized carbons (Fsp3) is 0.125. The first-order valence-electron chi connectivity index (χ1n) is 7.17. The Balaban J connectivity index is 2.02. The van der Waals surface area contributed by atoms with Crippen molar-refractivity contribution >= 4 is 11.7 Å². The number of carbonyl (C=O) groups is 1. The lowest BCUT2D eigenvalue weighted by Crippen LogP contribution is -2.18. The minimum atomic E-state index is -4.55. The van der Waals surface area contributed by atoms with Crippen molar-refractivity contribution in [2.45, 2.75) is 13.1 Å². The Morgan fingerprint density at radius 2 is 1.96 bits per heavy atom. The van der Waals surface area contributed by atoms with Crippen LogP contribution in [0.3, 0.4) is 0 Å². The first kappa shape index (κ1) is 16.6. The maximum atomic E-state index is 13.3. The highest BCUT2D eigenvalue weighted by Crippen LogP contribution is 2.34. The van der Waals surface area contributed by atoms with Gasteiger partial charge in [0.1, 0.15) is 11.5 Å². The summed E-state index contributed by atoms with van der Waals surface area (Å²) in [5, 5.41) is 6.58. The molecule has 2 heterocycles. The van der Waals surface area contributed by atoms with Gasteiger partial charge in [-0.1, -0.05) is 12.1 Å². The van der Waals surface area contributed by atoms with Crippen molar-refractivity contribution in [2.75, 3.05) is 5.32 Å². The van der Waals surface area contributed by atoms with Crippen LogP contribution < -0.4 is 5.32 Å². The Bertz CT molecular complexity index is 906. The number of alkyl halides is 3. The van der Waals surface area contributed by atoms with Gasteiger partial charge in [0, 0.05) is 18.5 Å². The van der Waals surface area contributed by atoms with E-state index in [0.717, 1.165) is 10.7 Å². The Morgan fingerprint density at radius 1 is 1.20 bits per heavy atom. The summed E-state index contributed by atoms with van der Waals surface area (Å²) in [4.78, 5) is 19.9. The predicted molar refractivity (Wildman–Crippen MR) is 83.3 cm³/mol. The van der Waals surface area contributed by atoms with E-state index >= 15 is 0 Å². The lowest BCUT2D eigenvalue weighted by Gasteiger charge is -2.14. The molecule has 0 aliphatic rings. The fourth-order valence-electron chi connectivity index (χ4n) is 2.27. The fourth-order valence-corrected chi connectivity index (χ4v) is 2.27. The Kier molecular flexibility index (Phi) is 4.22. The van der Waals surface area contributed by atoms with Gasteiger partial charge >= 0.3 is 6.18 Å². The molecule has 128 valence electrons. The third-order valence-corrected chi connectivity index (χ3v) is 3.31. The van der Waals surface area contributed by atoms with Gasteiger partial charge in [-0.15, -0.1) is 0 Å². The van der Waals surface area contributed by atoms with Gasteiger partial charge in [0.2, 0.25) is 0 Å². The van der Waals surface area contributed by atoms with Crippen molar-refractivity contribution in [1.29, 1.82) is 0 Å². The standard InChI is InChI=1S/C16H12F3N5O/c1-10-8-14(22-15(25)12-9-20-6-7-21-12)24(23-10)13-5-3-2-4-11(13)16(17,18)19/h2-9H,1H3,(H,22,25). The van der Waals surface area contributed by atoms with Gasteiger partial charge in [-0.2, -0.15) is 18.3 Å². The number of hydrogen-bond donors (Lipinski definition) is 1. The molecule has 1 N–H and O–H groups in total. The van der Waals surface area contributed by atoms with Crippen LogP contribution in [0, 0.1) is 6.92 Å².